The average molecular weight is 386 g/mol. The number of rotatable bonds is 1. The van der Waals surface area contributed by atoms with Crippen LogP contribution < -0.4 is 4.90 Å². The van der Waals surface area contributed by atoms with Gasteiger partial charge in [-0.25, -0.2) is 4.39 Å². The largest absolute Gasteiger partial charge is 0.394 e. The summed E-state index contributed by atoms with van der Waals surface area (Å²) in [7, 11) is -4.67. The molecule has 2 aliphatic rings. The van der Waals surface area contributed by atoms with Gasteiger partial charge in [0.25, 0.3) is 0 Å². The molecule has 2 aromatic rings. The van der Waals surface area contributed by atoms with Gasteiger partial charge < -0.3 is 14.4 Å². The Hall–Kier alpha value is -1.85. The van der Waals surface area contributed by atoms with Crippen LogP contribution in [0.1, 0.15) is 12.8 Å². The monoisotopic (exact) mass is 386 g/mol. The number of anilines is 1. The first kappa shape index (κ1) is 18.9. The van der Waals surface area contributed by atoms with E-state index in [9.17, 15) is 4.39 Å². The molecule has 0 radical (unpaired) electrons. The smallest absolute Gasteiger partial charge is 0.369 e. The van der Waals surface area contributed by atoms with Crippen LogP contribution >= 0.6 is 0 Å². The number of halogens is 1. The molecule has 3 heterocycles. The predicted octanol–water partition coefficient (Wildman–Crippen LogP) is 2.06. The van der Waals surface area contributed by atoms with Gasteiger partial charge in [0.15, 0.2) is 5.79 Å². The Morgan fingerprint density at radius 2 is 1.73 bits per heavy atom. The van der Waals surface area contributed by atoms with Gasteiger partial charge in [0.2, 0.25) is 0 Å². The van der Waals surface area contributed by atoms with Gasteiger partial charge in [-0.05, 0) is 24.3 Å². The summed E-state index contributed by atoms with van der Waals surface area (Å²) >= 11 is 0. The van der Waals surface area contributed by atoms with Crippen LogP contribution in [-0.4, -0.2) is 54.6 Å². The number of pyridine rings is 1. The van der Waals surface area contributed by atoms with Crippen molar-refractivity contribution >= 4 is 27.0 Å². The molecule has 1 spiro atoms. The van der Waals surface area contributed by atoms with Crippen molar-refractivity contribution in [2.24, 2.45) is 0 Å². The molecular weight excluding hydrogens is 367 g/mol. The highest BCUT2D eigenvalue weighted by Crippen LogP contribution is 2.35. The van der Waals surface area contributed by atoms with Gasteiger partial charge in [0, 0.05) is 37.5 Å². The summed E-state index contributed by atoms with van der Waals surface area (Å²) in [6.07, 6.45) is 3.37. The van der Waals surface area contributed by atoms with E-state index in [2.05, 4.69) is 9.88 Å². The Kier molecular flexibility index (Phi) is 5.39. The maximum Gasteiger partial charge on any atom is 0.394 e. The lowest BCUT2D eigenvalue weighted by atomic mass is 10.0. The average Bonchev–Trinajstić information content (AvgIpc) is 3.03. The quantitative estimate of drug-likeness (QED) is 0.717. The molecule has 0 amide bonds. The number of piperidine rings is 1. The van der Waals surface area contributed by atoms with Crippen LogP contribution in [0.25, 0.3) is 10.9 Å². The molecule has 2 saturated heterocycles. The highest BCUT2D eigenvalue weighted by atomic mass is 32.3. The van der Waals surface area contributed by atoms with Crippen molar-refractivity contribution in [2.45, 2.75) is 18.6 Å². The number of nitrogens with zero attached hydrogens (tertiary/aromatic N) is 2. The number of hydrogen-bond donors (Lipinski definition) is 2. The normalized spacial score (nSPS) is 19.4. The molecule has 1 aromatic heterocycles. The predicted molar refractivity (Wildman–Crippen MR) is 92.0 cm³/mol. The van der Waals surface area contributed by atoms with Gasteiger partial charge in [0.1, 0.15) is 5.82 Å². The van der Waals surface area contributed by atoms with Gasteiger partial charge in [-0.3, -0.25) is 14.1 Å². The molecular formula is C16H19FN2O6S. The van der Waals surface area contributed by atoms with E-state index in [-0.39, 0.29) is 11.6 Å². The second kappa shape index (κ2) is 7.41. The van der Waals surface area contributed by atoms with E-state index in [4.69, 9.17) is 27.0 Å². The van der Waals surface area contributed by atoms with Crippen LogP contribution in [-0.2, 0) is 19.9 Å². The van der Waals surface area contributed by atoms with Crippen LogP contribution in [0, 0.1) is 5.82 Å². The van der Waals surface area contributed by atoms with Crippen molar-refractivity contribution in [1.29, 1.82) is 0 Å². The van der Waals surface area contributed by atoms with Crippen LogP contribution in [0.4, 0.5) is 10.1 Å². The lowest BCUT2D eigenvalue weighted by Gasteiger charge is -2.38. The molecule has 4 rings (SSSR count). The van der Waals surface area contributed by atoms with Crippen LogP contribution in [0.15, 0.2) is 30.5 Å². The summed E-state index contributed by atoms with van der Waals surface area (Å²) in [6.45, 7) is 3.02. The van der Waals surface area contributed by atoms with Gasteiger partial charge in [-0.15, -0.1) is 0 Å². The lowest BCUT2D eigenvalue weighted by molar-refractivity contribution is -0.169. The Balaban J connectivity index is 0.000000349. The fraction of sp³-hybridized carbons (Fsp3) is 0.438. The zero-order valence-corrected chi connectivity index (χ0v) is 14.7. The molecule has 8 nitrogen and oxygen atoms in total. The second-order valence-corrected chi connectivity index (χ2v) is 6.90. The molecule has 10 heteroatoms. The lowest BCUT2D eigenvalue weighted by Crippen LogP contribution is -2.45. The first-order valence-corrected chi connectivity index (χ1v) is 9.43. The molecule has 26 heavy (non-hydrogen) atoms. The standard InChI is InChI=1S/C16H17FN2O2.H2O4S/c17-13-3-4-14(15-12(13)2-1-7-18-15)19-8-5-16(6-9-19)20-10-11-21-16;1-5(2,3)4/h1-4,7H,5-6,8-11H2;(H2,1,2,3,4). The van der Waals surface area contributed by atoms with E-state index in [1.54, 1.807) is 18.3 Å². The number of hydrogen-bond acceptors (Lipinski definition) is 6. The Morgan fingerprint density at radius 3 is 2.35 bits per heavy atom. The van der Waals surface area contributed by atoms with E-state index in [1.807, 2.05) is 6.07 Å². The molecule has 0 saturated carbocycles. The SMILES string of the molecule is Fc1ccc(N2CCC3(CC2)OCCO3)c2ncccc12.O=S(=O)(O)O. The first-order chi connectivity index (χ1) is 12.3. The third kappa shape index (κ3) is 4.46. The van der Waals surface area contributed by atoms with Gasteiger partial charge in [-0.1, -0.05) is 0 Å². The third-order valence-electron chi connectivity index (χ3n) is 4.37. The molecule has 0 atom stereocenters. The summed E-state index contributed by atoms with van der Waals surface area (Å²) in [4.78, 5) is 6.60. The highest BCUT2D eigenvalue weighted by Gasteiger charge is 2.40. The minimum Gasteiger partial charge on any atom is -0.369 e. The summed E-state index contributed by atoms with van der Waals surface area (Å²) in [5.41, 5.74) is 1.71. The number of ether oxygens (including phenoxy) is 2. The summed E-state index contributed by atoms with van der Waals surface area (Å²) < 4.78 is 57.0. The van der Waals surface area contributed by atoms with Crippen LogP contribution in [0.5, 0.6) is 0 Å². The van der Waals surface area contributed by atoms with E-state index in [0.717, 1.165) is 37.1 Å². The van der Waals surface area contributed by atoms with Crippen molar-refractivity contribution in [3.05, 3.63) is 36.3 Å². The van der Waals surface area contributed by atoms with Gasteiger partial charge >= 0.3 is 10.4 Å². The van der Waals surface area contributed by atoms with Crippen molar-refractivity contribution in [1.82, 2.24) is 4.98 Å². The molecule has 0 bridgehead atoms. The zero-order valence-electron chi connectivity index (χ0n) is 13.8. The van der Waals surface area contributed by atoms with Crippen LogP contribution in [0.2, 0.25) is 0 Å². The van der Waals surface area contributed by atoms with Gasteiger partial charge in [0.05, 0.1) is 24.4 Å². The Labute approximate surface area is 150 Å². The molecule has 2 aliphatic heterocycles. The van der Waals surface area contributed by atoms with E-state index in [1.165, 1.54) is 6.07 Å². The fourth-order valence-electron chi connectivity index (χ4n) is 3.25. The summed E-state index contributed by atoms with van der Waals surface area (Å²) in [5.74, 6) is -0.613. The van der Waals surface area contributed by atoms with Crippen molar-refractivity contribution < 1.29 is 31.4 Å². The number of aromatic nitrogens is 1. The number of benzene rings is 1. The van der Waals surface area contributed by atoms with Crippen molar-refractivity contribution in [3.63, 3.8) is 0 Å². The van der Waals surface area contributed by atoms with E-state index < -0.39 is 10.4 Å². The zero-order chi connectivity index (χ0) is 18.8. The molecule has 2 fully saturated rings. The molecule has 2 N–H and O–H groups in total. The minimum atomic E-state index is -4.67. The molecule has 0 aliphatic carbocycles. The second-order valence-electron chi connectivity index (χ2n) is 6.01. The molecule has 142 valence electrons. The molecule has 0 unspecified atom stereocenters. The summed E-state index contributed by atoms with van der Waals surface area (Å²) in [5, 5.41) is 0.573. The van der Waals surface area contributed by atoms with Crippen molar-refractivity contribution in [2.75, 3.05) is 31.2 Å². The highest BCUT2D eigenvalue weighted by molar-refractivity contribution is 7.79. The topological polar surface area (TPSA) is 109 Å². The van der Waals surface area contributed by atoms with Crippen LogP contribution in [0.3, 0.4) is 0 Å². The molecule has 1 aromatic carbocycles. The van der Waals surface area contributed by atoms with E-state index in [0.29, 0.717) is 18.6 Å². The van der Waals surface area contributed by atoms with Gasteiger partial charge in [-0.2, -0.15) is 8.42 Å². The maximum absolute atomic E-state index is 13.9. The third-order valence-corrected chi connectivity index (χ3v) is 4.37. The van der Waals surface area contributed by atoms with Crippen molar-refractivity contribution in [3.8, 4) is 0 Å². The Bertz CT molecular complexity index is 867. The Morgan fingerprint density at radius 1 is 1.12 bits per heavy atom. The number of fused-ring (bicyclic) bond motifs is 1. The minimum absolute atomic E-state index is 0.224. The maximum atomic E-state index is 13.9. The first-order valence-electron chi connectivity index (χ1n) is 8.03. The van der Waals surface area contributed by atoms with E-state index >= 15 is 0 Å². The summed E-state index contributed by atoms with van der Waals surface area (Å²) in [6, 6.07) is 6.88. The fourth-order valence-corrected chi connectivity index (χ4v) is 3.25.